The minimum atomic E-state index is -4.71. The molecule has 1 aliphatic heterocycles. The van der Waals surface area contributed by atoms with E-state index < -0.39 is 49.1 Å². The number of rotatable bonds is 12. The van der Waals surface area contributed by atoms with Crippen molar-refractivity contribution in [2.75, 3.05) is 12.3 Å². The van der Waals surface area contributed by atoms with Crippen molar-refractivity contribution in [3.05, 3.63) is 48.8 Å². The van der Waals surface area contributed by atoms with Crippen LogP contribution in [0.3, 0.4) is 0 Å². The standard InChI is InChI=1S/C30H38FN6O9P/c1-5-42-23-21-22(34-27(32)35-23)37(16-33-21)26-28(39,17(2)3)29(40)25(30(29,31)44-26)46-47(41,45-20-14-10-7-11-15-20)36-18(4)24(38)43-19-12-8-6-9-13-19/h7,10-11,14-16,18-19,25-26,39-40H,2,5-6,8-9,12-13H2,1,3-4H3,(H,36,41)(H2,32,34,35)/t18-,25?,26+,28-,29-,30+,47-/m0/s1. The van der Waals surface area contributed by atoms with Crippen molar-refractivity contribution in [1.82, 2.24) is 24.6 Å². The number of nitrogens with one attached hydrogen (secondary N) is 1. The molecule has 2 aromatic heterocycles. The molecule has 0 radical (unpaired) electrons. The largest absolute Gasteiger partial charge is 0.476 e. The number of para-hydroxylation sites is 1. The van der Waals surface area contributed by atoms with Crippen LogP contribution in [-0.2, 0) is 23.4 Å². The van der Waals surface area contributed by atoms with Crippen LogP contribution in [0.5, 0.6) is 11.6 Å². The van der Waals surface area contributed by atoms with Crippen molar-refractivity contribution >= 4 is 30.8 Å². The molecule has 3 aliphatic rings. The molecule has 6 rings (SSSR count). The minimum absolute atomic E-state index is 0.0154. The summed E-state index contributed by atoms with van der Waals surface area (Å²) in [6.07, 6.45) is 1.45. The van der Waals surface area contributed by atoms with Gasteiger partial charge in [0.1, 0.15) is 17.9 Å². The number of nitrogen functional groups attached to an aromatic ring is 1. The predicted molar refractivity (Wildman–Crippen MR) is 165 cm³/mol. The van der Waals surface area contributed by atoms with Gasteiger partial charge in [-0.2, -0.15) is 15.1 Å². The van der Waals surface area contributed by atoms with Crippen LogP contribution in [0, 0.1) is 0 Å². The Balaban J connectivity index is 1.30. The lowest BCUT2D eigenvalue weighted by Crippen LogP contribution is -2.52. The number of imidazole rings is 1. The molecule has 5 N–H and O–H groups in total. The first-order valence-corrected chi connectivity index (χ1v) is 16.9. The van der Waals surface area contributed by atoms with Gasteiger partial charge in [-0.05, 0) is 64.2 Å². The van der Waals surface area contributed by atoms with Crippen molar-refractivity contribution in [3.8, 4) is 11.6 Å². The zero-order chi connectivity index (χ0) is 33.8. The number of hydrogen-bond acceptors (Lipinski definition) is 13. The number of aliphatic hydroxyl groups is 2. The van der Waals surface area contributed by atoms with Crippen LogP contribution < -0.4 is 20.1 Å². The minimum Gasteiger partial charge on any atom is -0.476 e. The molecule has 1 saturated heterocycles. The van der Waals surface area contributed by atoms with Crippen LogP contribution >= 0.6 is 7.75 Å². The number of alkyl halides is 1. The van der Waals surface area contributed by atoms with Crippen molar-refractivity contribution in [2.45, 2.75) is 94.4 Å². The number of fused-ring (bicyclic) bond motifs is 2. The summed E-state index contributed by atoms with van der Waals surface area (Å²) in [4.78, 5) is 25.4. The molecule has 3 aromatic rings. The fraction of sp³-hybridized carbons (Fsp3) is 0.533. The molecule has 254 valence electrons. The highest BCUT2D eigenvalue weighted by atomic mass is 31.2. The summed E-state index contributed by atoms with van der Waals surface area (Å²) in [6.45, 7) is 8.50. The third-order valence-electron chi connectivity index (χ3n) is 8.72. The molecule has 2 aliphatic carbocycles. The van der Waals surface area contributed by atoms with E-state index in [1.165, 1.54) is 32.3 Å². The van der Waals surface area contributed by atoms with Gasteiger partial charge in [0.25, 0.3) is 5.85 Å². The summed E-state index contributed by atoms with van der Waals surface area (Å²) in [7, 11) is -4.71. The van der Waals surface area contributed by atoms with Crippen LogP contribution in [0.2, 0.25) is 0 Å². The van der Waals surface area contributed by atoms with Gasteiger partial charge in [-0.25, -0.2) is 13.9 Å². The smallest absolute Gasteiger partial charge is 0.460 e. The summed E-state index contributed by atoms with van der Waals surface area (Å²) in [5.41, 5.74) is 0.438. The summed E-state index contributed by atoms with van der Waals surface area (Å²) in [6, 6.07) is 6.62. The van der Waals surface area contributed by atoms with Crippen LogP contribution in [0.15, 0.2) is 48.8 Å². The van der Waals surface area contributed by atoms with Crippen molar-refractivity contribution in [3.63, 3.8) is 0 Å². The normalized spacial score (nSPS) is 30.7. The van der Waals surface area contributed by atoms with Crippen molar-refractivity contribution < 1.29 is 47.2 Å². The van der Waals surface area contributed by atoms with Gasteiger partial charge in [-0.1, -0.05) is 31.2 Å². The number of aromatic nitrogens is 4. The molecule has 1 unspecified atom stereocenters. The Kier molecular flexibility index (Phi) is 8.56. The van der Waals surface area contributed by atoms with Gasteiger partial charge in [-0.15, -0.1) is 0 Å². The second kappa shape index (κ2) is 12.1. The van der Waals surface area contributed by atoms with Gasteiger partial charge in [0.15, 0.2) is 34.7 Å². The Labute approximate surface area is 269 Å². The van der Waals surface area contributed by atoms with E-state index in [0.717, 1.165) is 23.8 Å². The van der Waals surface area contributed by atoms with Crippen LogP contribution in [0.4, 0.5) is 10.3 Å². The predicted octanol–water partition coefficient (Wildman–Crippen LogP) is 3.48. The van der Waals surface area contributed by atoms with E-state index in [0.29, 0.717) is 12.8 Å². The highest BCUT2D eigenvalue weighted by Gasteiger charge is 2.97. The van der Waals surface area contributed by atoms with Crippen LogP contribution in [0.1, 0.15) is 59.1 Å². The molecule has 3 heterocycles. The van der Waals surface area contributed by atoms with E-state index >= 15 is 4.39 Å². The van der Waals surface area contributed by atoms with E-state index in [9.17, 15) is 19.6 Å². The van der Waals surface area contributed by atoms with E-state index in [1.54, 1.807) is 25.1 Å². The monoisotopic (exact) mass is 676 g/mol. The van der Waals surface area contributed by atoms with Gasteiger partial charge in [0.2, 0.25) is 11.8 Å². The summed E-state index contributed by atoms with van der Waals surface area (Å²) < 4.78 is 60.4. The number of benzene rings is 1. The first-order chi connectivity index (χ1) is 22.3. The van der Waals surface area contributed by atoms with E-state index in [2.05, 4.69) is 26.6 Å². The van der Waals surface area contributed by atoms with E-state index in [-0.39, 0.29) is 47.0 Å². The number of carbonyl (C=O) groups is 1. The van der Waals surface area contributed by atoms with Crippen molar-refractivity contribution in [1.29, 1.82) is 0 Å². The number of esters is 1. The second-order valence-electron chi connectivity index (χ2n) is 12.0. The number of nitrogens with two attached hydrogens (primary N) is 1. The topological polar surface area (TPSA) is 202 Å². The average molecular weight is 677 g/mol. The molecule has 15 nitrogen and oxygen atoms in total. The van der Waals surface area contributed by atoms with Crippen LogP contribution in [-0.4, -0.2) is 77.6 Å². The number of carbonyl (C=O) groups excluding carboxylic acids is 1. The van der Waals surface area contributed by atoms with E-state index in [4.69, 9.17) is 29.0 Å². The van der Waals surface area contributed by atoms with Gasteiger partial charge in [0, 0.05) is 0 Å². The Morgan fingerprint density at radius 1 is 1.26 bits per heavy atom. The third kappa shape index (κ3) is 5.46. The van der Waals surface area contributed by atoms with Gasteiger partial charge in [-0.3, -0.25) is 13.9 Å². The summed E-state index contributed by atoms with van der Waals surface area (Å²) in [5, 5.41) is 26.4. The quantitative estimate of drug-likeness (QED) is 0.123. The highest BCUT2D eigenvalue weighted by molar-refractivity contribution is 7.52. The molecular formula is C30H38FN6O9P. The Bertz CT molecular complexity index is 1720. The molecule has 47 heavy (non-hydrogen) atoms. The number of anilines is 1. The van der Waals surface area contributed by atoms with E-state index in [1.807, 2.05) is 0 Å². The lowest BCUT2D eigenvalue weighted by molar-refractivity contribution is -0.171. The molecule has 2 saturated carbocycles. The third-order valence-corrected chi connectivity index (χ3v) is 10.4. The lowest BCUT2D eigenvalue weighted by Gasteiger charge is -2.36. The zero-order valence-corrected chi connectivity index (χ0v) is 27.1. The molecule has 7 atom stereocenters. The molecule has 17 heteroatoms. The molecule has 1 aromatic carbocycles. The fourth-order valence-electron chi connectivity index (χ4n) is 6.25. The van der Waals surface area contributed by atoms with Gasteiger partial charge in [0.05, 0.1) is 12.9 Å². The zero-order valence-electron chi connectivity index (χ0n) is 26.2. The maximum atomic E-state index is 16.8. The first-order valence-electron chi connectivity index (χ1n) is 15.4. The fourth-order valence-corrected chi connectivity index (χ4v) is 7.95. The second-order valence-corrected chi connectivity index (χ2v) is 13.7. The molecule has 0 spiro atoms. The number of hydrogen-bond donors (Lipinski definition) is 4. The lowest BCUT2D eigenvalue weighted by atomic mass is 9.86. The maximum absolute atomic E-state index is 16.8. The number of ether oxygens (including phenoxy) is 3. The SMILES string of the molecule is C=C(C)[C@]1(O)[C@H](n2cnc3c(OCC)nc(N)nc32)O[C@]2(F)C(O[P@](=O)(N[C@@H](C)C(=O)OC3CCCCC3)Oc3ccccc3)[C@@]21O. The number of halogens is 1. The Hall–Kier alpha value is -3.66. The summed E-state index contributed by atoms with van der Waals surface area (Å²) >= 11 is 0. The molecule has 0 amide bonds. The summed E-state index contributed by atoms with van der Waals surface area (Å²) in [5.74, 6) is -3.95. The van der Waals surface area contributed by atoms with Crippen molar-refractivity contribution in [2.24, 2.45) is 0 Å². The Morgan fingerprint density at radius 3 is 2.62 bits per heavy atom. The Morgan fingerprint density at radius 2 is 1.96 bits per heavy atom. The van der Waals surface area contributed by atoms with Gasteiger partial charge < -0.3 is 34.7 Å². The van der Waals surface area contributed by atoms with Crippen LogP contribution in [0.25, 0.3) is 11.2 Å². The first kappa shape index (κ1) is 33.2. The molecule has 0 bridgehead atoms. The molecular weight excluding hydrogens is 638 g/mol. The maximum Gasteiger partial charge on any atom is 0.460 e. The highest BCUT2D eigenvalue weighted by Crippen LogP contribution is 2.73. The average Bonchev–Trinajstić information content (AvgIpc) is 3.27. The van der Waals surface area contributed by atoms with Gasteiger partial charge >= 0.3 is 13.7 Å². The number of nitrogens with zero attached hydrogens (tertiary/aromatic N) is 4. The molecule has 3 fully saturated rings.